The molecule has 0 aliphatic carbocycles. The Kier molecular flexibility index (Phi) is 4.84. The fourth-order valence-electron chi connectivity index (χ4n) is 3.06. The van der Waals surface area contributed by atoms with Gasteiger partial charge in [-0.25, -0.2) is 0 Å². The molecule has 0 spiro atoms. The molecule has 4 rings (SSSR count). The number of fused-ring (bicyclic) bond motifs is 1. The van der Waals surface area contributed by atoms with Gasteiger partial charge in [0.25, 0.3) is 0 Å². The first kappa shape index (κ1) is 16.0. The van der Waals surface area contributed by atoms with Crippen molar-refractivity contribution in [3.8, 4) is 11.1 Å². The molecule has 0 atom stereocenters. The lowest BCUT2D eigenvalue weighted by Crippen LogP contribution is -2.30. The number of nitrogens with one attached hydrogen (secondary N) is 1. The fourth-order valence-corrected chi connectivity index (χ4v) is 3.93. The van der Waals surface area contributed by atoms with E-state index in [0.29, 0.717) is 0 Å². The third-order valence-electron chi connectivity index (χ3n) is 4.43. The summed E-state index contributed by atoms with van der Waals surface area (Å²) in [5.41, 5.74) is 5.17. The summed E-state index contributed by atoms with van der Waals surface area (Å²) in [6.07, 6.45) is 7.58. The van der Waals surface area contributed by atoms with E-state index in [2.05, 4.69) is 94.9 Å². The molecule has 0 aliphatic rings. The molecule has 0 radical (unpaired) electrons. The zero-order chi connectivity index (χ0) is 16.9. The van der Waals surface area contributed by atoms with Crippen LogP contribution in [0.4, 0.5) is 0 Å². The van der Waals surface area contributed by atoms with Crippen LogP contribution in [0.2, 0.25) is 0 Å². The van der Waals surface area contributed by atoms with E-state index in [-0.39, 0.29) is 0 Å². The molecule has 0 saturated carbocycles. The Morgan fingerprint density at radius 3 is 2.36 bits per heavy atom. The zero-order valence-electron chi connectivity index (χ0n) is 14.1. The summed E-state index contributed by atoms with van der Waals surface area (Å²) in [6.45, 7) is 0. The molecule has 2 heterocycles. The van der Waals surface area contributed by atoms with Crippen molar-refractivity contribution in [3.63, 3.8) is 0 Å². The summed E-state index contributed by atoms with van der Waals surface area (Å²) >= 11 is 1.96. The van der Waals surface area contributed by atoms with Crippen molar-refractivity contribution >= 4 is 22.7 Å². The molecule has 124 valence electrons. The van der Waals surface area contributed by atoms with Crippen LogP contribution in [0.15, 0.2) is 85.3 Å². The van der Waals surface area contributed by atoms with Gasteiger partial charge in [-0.2, -0.15) is 4.57 Å². The lowest BCUT2D eigenvalue weighted by atomic mass is 10.1. The number of hydrogen-bond donors (Lipinski definition) is 1. The van der Waals surface area contributed by atoms with Crippen LogP contribution in [0.5, 0.6) is 0 Å². The molecule has 0 amide bonds. The van der Waals surface area contributed by atoms with Crippen LogP contribution in [0, 0.1) is 0 Å². The molecule has 2 nitrogen and oxygen atoms in total. The normalized spacial score (nSPS) is 11.0. The van der Waals surface area contributed by atoms with Crippen LogP contribution in [-0.4, -0.2) is 10.7 Å². The molecule has 0 bridgehead atoms. The first-order valence-electron chi connectivity index (χ1n) is 8.57. The second kappa shape index (κ2) is 7.58. The Morgan fingerprint density at radius 1 is 0.800 bits per heavy atom. The summed E-state index contributed by atoms with van der Waals surface area (Å²) in [6, 6.07) is 23.4. The maximum absolute atomic E-state index is 3.35. The molecule has 2 aromatic heterocycles. The van der Waals surface area contributed by atoms with Crippen LogP contribution in [-0.2, 0) is 12.3 Å². The Morgan fingerprint density at radius 2 is 1.52 bits per heavy atom. The zero-order valence-corrected chi connectivity index (χ0v) is 14.9. The van der Waals surface area contributed by atoms with E-state index in [4.69, 9.17) is 0 Å². The number of hydrogen-bond acceptors (Lipinski definition) is 1. The quantitative estimate of drug-likeness (QED) is 0.383. The van der Waals surface area contributed by atoms with Crippen molar-refractivity contribution in [2.45, 2.75) is 12.3 Å². The summed E-state index contributed by atoms with van der Waals surface area (Å²) in [5, 5.41) is 1.35. The van der Waals surface area contributed by atoms with Crippen molar-refractivity contribution in [2.24, 2.45) is 0 Å². The van der Waals surface area contributed by atoms with Crippen LogP contribution in [0.3, 0.4) is 0 Å². The molecule has 25 heavy (non-hydrogen) atoms. The average Bonchev–Trinajstić information content (AvgIpc) is 3.10. The number of benzene rings is 2. The standard InChI is InChI=1S/C22H21N2S/c1-2-6-18(7-3-1)19-10-13-24(14-11-19)17-25-15-12-20-16-23-22-9-5-4-8-21(20)22/h1-11,13-14,16,23H,12,15,17H2/q+1. The smallest absolute Gasteiger partial charge is 0.194 e. The highest BCUT2D eigenvalue weighted by molar-refractivity contribution is 7.98. The number of aryl methyl sites for hydroxylation is 1. The van der Waals surface area contributed by atoms with E-state index in [0.717, 1.165) is 18.1 Å². The third kappa shape index (κ3) is 3.77. The monoisotopic (exact) mass is 345 g/mol. The molecular weight excluding hydrogens is 324 g/mol. The highest BCUT2D eigenvalue weighted by Crippen LogP contribution is 2.20. The number of thioether (sulfide) groups is 1. The van der Waals surface area contributed by atoms with E-state index in [1.54, 1.807) is 0 Å². The van der Waals surface area contributed by atoms with Gasteiger partial charge in [-0.15, -0.1) is 0 Å². The summed E-state index contributed by atoms with van der Waals surface area (Å²) in [5.74, 6) is 2.10. The van der Waals surface area contributed by atoms with Gasteiger partial charge in [0, 0.05) is 35.0 Å². The van der Waals surface area contributed by atoms with E-state index in [1.807, 2.05) is 11.8 Å². The van der Waals surface area contributed by atoms with Crippen molar-refractivity contribution in [1.29, 1.82) is 0 Å². The largest absolute Gasteiger partial charge is 0.361 e. The van der Waals surface area contributed by atoms with Gasteiger partial charge in [0.2, 0.25) is 0 Å². The number of aromatic nitrogens is 2. The van der Waals surface area contributed by atoms with Gasteiger partial charge in [-0.3, -0.25) is 0 Å². The van der Waals surface area contributed by atoms with Crippen molar-refractivity contribution < 1.29 is 4.57 Å². The second-order valence-electron chi connectivity index (χ2n) is 6.11. The van der Waals surface area contributed by atoms with E-state index in [9.17, 15) is 0 Å². The number of para-hydroxylation sites is 1. The van der Waals surface area contributed by atoms with E-state index >= 15 is 0 Å². The van der Waals surface area contributed by atoms with Gasteiger partial charge in [-0.1, -0.05) is 60.3 Å². The summed E-state index contributed by atoms with van der Waals surface area (Å²) in [4.78, 5) is 3.35. The van der Waals surface area contributed by atoms with Crippen molar-refractivity contribution in [3.05, 3.63) is 90.9 Å². The highest BCUT2D eigenvalue weighted by atomic mass is 32.2. The van der Waals surface area contributed by atoms with Crippen LogP contribution < -0.4 is 4.57 Å². The van der Waals surface area contributed by atoms with Crippen molar-refractivity contribution in [1.82, 2.24) is 4.98 Å². The minimum absolute atomic E-state index is 0.984. The highest BCUT2D eigenvalue weighted by Gasteiger charge is 2.05. The molecule has 0 aliphatic heterocycles. The lowest BCUT2D eigenvalue weighted by molar-refractivity contribution is -0.675. The number of rotatable bonds is 6. The van der Waals surface area contributed by atoms with Gasteiger partial charge >= 0.3 is 0 Å². The van der Waals surface area contributed by atoms with E-state index < -0.39 is 0 Å². The van der Waals surface area contributed by atoms with Crippen molar-refractivity contribution in [2.75, 3.05) is 5.75 Å². The van der Waals surface area contributed by atoms with E-state index in [1.165, 1.54) is 27.6 Å². The molecule has 1 N–H and O–H groups in total. The van der Waals surface area contributed by atoms with Crippen LogP contribution >= 0.6 is 11.8 Å². The molecule has 4 aromatic rings. The van der Waals surface area contributed by atoms with Gasteiger partial charge in [0.05, 0.1) is 0 Å². The molecule has 2 aromatic carbocycles. The summed E-state index contributed by atoms with van der Waals surface area (Å²) < 4.78 is 2.24. The van der Waals surface area contributed by atoms with Gasteiger partial charge in [0.1, 0.15) is 0 Å². The van der Waals surface area contributed by atoms with Gasteiger partial charge in [0.15, 0.2) is 18.3 Å². The lowest BCUT2D eigenvalue weighted by Gasteiger charge is -2.02. The first-order valence-corrected chi connectivity index (χ1v) is 9.73. The predicted molar refractivity (Wildman–Crippen MR) is 107 cm³/mol. The molecular formula is C22H21N2S+. The van der Waals surface area contributed by atoms with Crippen LogP contribution in [0.1, 0.15) is 5.56 Å². The Labute approximate surface area is 152 Å². The Hall–Kier alpha value is -2.52. The minimum atomic E-state index is 0.984. The molecule has 0 fully saturated rings. The van der Waals surface area contributed by atoms with Gasteiger partial charge in [-0.05, 0) is 29.2 Å². The Balaban J connectivity index is 1.31. The topological polar surface area (TPSA) is 19.7 Å². The molecule has 3 heteroatoms. The predicted octanol–water partition coefficient (Wildman–Crippen LogP) is 5.06. The molecule has 0 saturated heterocycles. The van der Waals surface area contributed by atoms with Crippen LogP contribution in [0.25, 0.3) is 22.0 Å². The Bertz CT molecular complexity index is 943. The maximum atomic E-state index is 3.35. The number of aromatic amines is 1. The maximum Gasteiger partial charge on any atom is 0.194 e. The number of nitrogens with zero attached hydrogens (tertiary/aromatic N) is 1. The first-order chi connectivity index (χ1) is 12.4. The second-order valence-corrected chi connectivity index (χ2v) is 7.19. The number of H-pyrrole nitrogens is 1. The minimum Gasteiger partial charge on any atom is -0.361 e. The average molecular weight is 345 g/mol. The summed E-state index contributed by atoms with van der Waals surface area (Å²) in [7, 11) is 0. The fraction of sp³-hybridized carbons (Fsp3) is 0.136. The SMILES string of the molecule is c1ccc(-c2cc[n+](CSCCc3c[nH]c4ccccc34)cc2)cc1. The number of pyridine rings is 1. The van der Waals surface area contributed by atoms with Gasteiger partial charge < -0.3 is 4.98 Å². The molecule has 0 unspecified atom stereocenters. The third-order valence-corrected chi connectivity index (χ3v) is 5.40.